The van der Waals surface area contributed by atoms with Gasteiger partial charge in [0.2, 0.25) is 0 Å². The molecule has 0 saturated carbocycles. The summed E-state index contributed by atoms with van der Waals surface area (Å²) < 4.78 is 0.887. The van der Waals surface area contributed by atoms with Crippen molar-refractivity contribution in [1.82, 2.24) is 4.98 Å². The van der Waals surface area contributed by atoms with E-state index in [9.17, 15) is 10.2 Å². The van der Waals surface area contributed by atoms with Gasteiger partial charge in [0, 0.05) is 12.7 Å². The van der Waals surface area contributed by atoms with E-state index in [4.69, 9.17) is 0 Å². The summed E-state index contributed by atoms with van der Waals surface area (Å²) in [5.41, 5.74) is 0. The Balaban J connectivity index is 2.26. The quantitative estimate of drug-likeness (QED) is 0.836. The second-order valence-electron chi connectivity index (χ2n) is 3.69. The van der Waals surface area contributed by atoms with Gasteiger partial charge in [-0.3, -0.25) is 0 Å². The van der Waals surface area contributed by atoms with Gasteiger partial charge in [0.05, 0.1) is 23.2 Å². The largest absolute Gasteiger partial charge is 0.394 e. The first-order valence-corrected chi connectivity index (χ1v) is 5.67. The number of aromatic nitrogens is 1. The number of aliphatic hydroxyl groups is 2. The molecule has 0 aliphatic carbocycles. The third-order valence-corrected chi connectivity index (χ3v) is 3.23. The first-order valence-electron chi connectivity index (χ1n) is 4.88. The molecule has 0 radical (unpaired) electrons. The van der Waals surface area contributed by atoms with Crippen LogP contribution in [0.15, 0.2) is 22.8 Å². The number of hydrogen-bond donors (Lipinski definition) is 2. The van der Waals surface area contributed by atoms with Crippen LogP contribution >= 0.6 is 15.9 Å². The van der Waals surface area contributed by atoms with Crippen molar-refractivity contribution in [3.63, 3.8) is 0 Å². The van der Waals surface area contributed by atoms with Crippen molar-refractivity contribution < 1.29 is 10.2 Å². The predicted octanol–water partition coefficient (Wildman–Crippen LogP) is 0.776. The molecule has 0 aromatic carbocycles. The van der Waals surface area contributed by atoms with Crippen molar-refractivity contribution >= 4 is 21.7 Å². The normalized spacial score (nSPS) is 25.9. The molecular formula is C10H13BrN2O2. The van der Waals surface area contributed by atoms with Gasteiger partial charge in [-0.1, -0.05) is 0 Å². The molecule has 1 aliphatic rings. The van der Waals surface area contributed by atoms with Crippen LogP contribution in [0, 0.1) is 0 Å². The van der Waals surface area contributed by atoms with Gasteiger partial charge in [0.25, 0.3) is 0 Å². The molecule has 2 heterocycles. The van der Waals surface area contributed by atoms with Crippen LogP contribution < -0.4 is 4.90 Å². The molecule has 2 N–H and O–H groups in total. The van der Waals surface area contributed by atoms with Gasteiger partial charge in [-0.2, -0.15) is 0 Å². The lowest BCUT2D eigenvalue weighted by molar-refractivity contribution is 0.184. The topological polar surface area (TPSA) is 56.6 Å². The highest BCUT2D eigenvalue weighted by Gasteiger charge is 2.32. The number of rotatable bonds is 2. The standard InChI is InChI=1S/C10H13BrN2O2/c11-9-2-1-3-12-10(9)13-5-8(15)4-7(13)6-14/h1-3,7-8,14-15H,4-6H2. The summed E-state index contributed by atoms with van der Waals surface area (Å²) >= 11 is 3.42. The van der Waals surface area contributed by atoms with E-state index in [1.807, 2.05) is 17.0 Å². The average molecular weight is 273 g/mol. The highest BCUT2D eigenvalue weighted by Crippen LogP contribution is 2.29. The van der Waals surface area contributed by atoms with Crippen molar-refractivity contribution in [3.05, 3.63) is 22.8 Å². The fourth-order valence-electron chi connectivity index (χ4n) is 1.91. The number of aliphatic hydroxyl groups excluding tert-OH is 2. The summed E-state index contributed by atoms with van der Waals surface area (Å²) in [4.78, 5) is 6.19. The van der Waals surface area contributed by atoms with Crippen LogP contribution in [0.5, 0.6) is 0 Å². The van der Waals surface area contributed by atoms with Crippen molar-refractivity contribution in [2.45, 2.75) is 18.6 Å². The maximum Gasteiger partial charge on any atom is 0.143 e. The number of hydrogen-bond acceptors (Lipinski definition) is 4. The zero-order valence-corrected chi connectivity index (χ0v) is 9.76. The number of β-amino-alcohol motifs (C(OH)–C–C–N with tert-alkyl or cyclic N) is 1. The van der Waals surface area contributed by atoms with Crippen molar-refractivity contribution in [2.24, 2.45) is 0 Å². The van der Waals surface area contributed by atoms with Gasteiger partial charge in [0.1, 0.15) is 5.82 Å². The molecule has 0 spiro atoms. The molecule has 2 unspecified atom stereocenters. The molecule has 1 aromatic rings. The van der Waals surface area contributed by atoms with Gasteiger partial charge in [-0.25, -0.2) is 4.98 Å². The summed E-state index contributed by atoms with van der Waals surface area (Å²) in [5.74, 6) is 0.785. The Labute approximate surface area is 96.7 Å². The van der Waals surface area contributed by atoms with Crippen LogP contribution in [-0.4, -0.2) is 40.5 Å². The predicted molar refractivity (Wildman–Crippen MR) is 60.8 cm³/mol. The van der Waals surface area contributed by atoms with Crippen LogP contribution in [0.3, 0.4) is 0 Å². The smallest absolute Gasteiger partial charge is 0.143 e. The summed E-state index contributed by atoms with van der Waals surface area (Å²) in [6, 6.07) is 3.71. The first kappa shape index (κ1) is 10.9. The van der Waals surface area contributed by atoms with E-state index >= 15 is 0 Å². The fourth-order valence-corrected chi connectivity index (χ4v) is 2.40. The third-order valence-electron chi connectivity index (χ3n) is 2.61. The fraction of sp³-hybridized carbons (Fsp3) is 0.500. The van der Waals surface area contributed by atoms with E-state index in [0.717, 1.165) is 10.3 Å². The van der Waals surface area contributed by atoms with Crippen molar-refractivity contribution in [3.8, 4) is 0 Å². The van der Waals surface area contributed by atoms with Crippen molar-refractivity contribution in [2.75, 3.05) is 18.1 Å². The Morgan fingerprint density at radius 2 is 2.40 bits per heavy atom. The van der Waals surface area contributed by atoms with E-state index in [1.165, 1.54) is 0 Å². The molecule has 15 heavy (non-hydrogen) atoms. The van der Waals surface area contributed by atoms with Gasteiger partial charge in [-0.15, -0.1) is 0 Å². The van der Waals surface area contributed by atoms with E-state index < -0.39 is 0 Å². The Morgan fingerprint density at radius 3 is 3.07 bits per heavy atom. The van der Waals surface area contributed by atoms with Gasteiger partial charge in [0.15, 0.2) is 0 Å². The zero-order chi connectivity index (χ0) is 10.8. The molecule has 1 fully saturated rings. The van der Waals surface area contributed by atoms with Crippen LogP contribution in [-0.2, 0) is 0 Å². The highest BCUT2D eigenvalue weighted by molar-refractivity contribution is 9.10. The summed E-state index contributed by atoms with van der Waals surface area (Å²) in [7, 11) is 0. The van der Waals surface area contributed by atoms with Gasteiger partial charge >= 0.3 is 0 Å². The molecular weight excluding hydrogens is 260 g/mol. The van der Waals surface area contributed by atoms with E-state index in [2.05, 4.69) is 20.9 Å². The molecule has 2 rings (SSSR count). The molecule has 1 aliphatic heterocycles. The molecule has 1 saturated heterocycles. The highest BCUT2D eigenvalue weighted by atomic mass is 79.9. The molecule has 0 amide bonds. The van der Waals surface area contributed by atoms with Crippen LogP contribution in [0.25, 0.3) is 0 Å². The van der Waals surface area contributed by atoms with Crippen LogP contribution in [0.2, 0.25) is 0 Å². The lowest BCUT2D eigenvalue weighted by Crippen LogP contribution is -2.33. The second-order valence-corrected chi connectivity index (χ2v) is 4.54. The zero-order valence-electron chi connectivity index (χ0n) is 8.17. The monoisotopic (exact) mass is 272 g/mol. The van der Waals surface area contributed by atoms with Crippen LogP contribution in [0.4, 0.5) is 5.82 Å². The second kappa shape index (κ2) is 4.47. The number of halogens is 1. The maximum atomic E-state index is 9.56. The minimum atomic E-state index is -0.379. The minimum Gasteiger partial charge on any atom is -0.394 e. The maximum absolute atomic E-state index is 9.56. The number of nitrogens with zero attached hydrogens (tertiary/aromatic N) is 2. The van der Waals surface area contributed by atoms with Gasteiger partial charge in [-0.05, 0) is 34.5 Å². The summed E-state index contributed by atoms with van der Waals surface area (Å²) in [6.45, 7) is 0.570. The molecule has 82 valence electrons. The molecule has 5 heteroatoms. The number of anilines is 1. The molecule has 0 bridgehead atoms. The summed E-state index contributed by atoms with van der Waals surface area (Å²) in [5, 5.41) is 18.8. The van der Waals surface area contributed by atoms with E-state index in [0.29, 0.717) is 13.0 Å². The third kappa shape index (κ3) is 2.14. The van der Waals surface area contributed by atoms with E-state index in [-0.39, 0.29) is 18.8 Å². The summed E-state index contributed by atoms with van der Waals surface area (Å²) in [6.07, 6.45) is 1.93. The Hall–Kier alpha value is -0.650. The van der Waals surface area contributed by atoms with Gasteiger partial charge < -0.3 is 15.1 Å². The average Bonchev–Trinajstić information content (AvgIpc) is 2.60. The van der Waals surface area contributed by atoms with Crippen molar-refractivity contribution in [1.29, 1.82) is 0 Å². The number of pyridine rings is 1. The SMILES string of the molecule is OCC1CC(O)CN1c1ncccc1Br. The lowest BCUT2D eigenvalue weighted by atomic mass is 10.2. The molecule has 2 atom stereocenters. The van der Waals surface area contributed by atoms with E-state index in [1.54, 1.807) is 6.20 Å². The molecule has 1 aromatic heterocycles. The van der Waals surface area contributed by atoms with Crippen LogP contribution in [0.1, 0.15) is 6.42 Å². The Kier molecular flexibility index (Phi) is 3.23. The lowest BCUT2D eigenvalue weighted by Gasteiger charge is -2.24. The first-order chi connectivity index (χ1) is 7.22. The minimum absolute atomic E-state index is 0.0359. The Morgan fingerprint density at radius 1 is 1.60 bits per heavy atom. The Bertz CT molecular complexity index is 348. The molecule has 4 nitrogen and oxygen atoms in total.